The Balaban J connectivity index is 1.90. The van der Waals surface area contributed by atoms with Gasteiger partial charge in [-0.15, -0.1) is 11.3 Å². The first kappa shape index (κ1) is 14.7. The molecule has 0 aromatic carbocycles. The second kappa shape index (κ2) is 5.38. The topological polar surface area (TPSA) is 36.4 Å². The summed E-state index contributed by atoms with van der Waals surface area (Å²) in [6.45, 7) is 3.07. The van der Waals surface area contributed by atoms with Crippen LogP contribution in [0.5, 0.6) is 0 Å². The van der Waals surface area contributed by atoms with Crippen LogP contribution < -0.4 is 0 Å². The first-order valence-electron chi connectivity index (χ1n) is 6.29. The van der Waals surface area contributed by atoms with Gasteiger partial charge in [-0.05, 0) is 19.3 Å². The number of halogens is 3. The van der Waals surface area contributed by atoms with Crippen LogP contribution in [0.25, 0.3) is 0 Å². The van der Waals surface area contributed by atoms with Crippen LogP contribution in [0.15, 0.2) is 5.38 Å². The maximum atomic E-state index is 12.6. The van der Waals surface area contributed by atoms with Crippen LogP contribution in [-0.4, -0.2) is 39.9 Å². The van der Waals surface area contributed by atoms with Crippen molar-refractivity contribution in [2.24, 2.45) is 0 Å². The highest BCUT2D eigenvalue weighted by Gasteiger charge is 2.54. The van der Waals surface area contributed by atoms with Gasteiger partial charge in [0.25, 0.3) is 0 Å². The van der Waals surface area contributed by atoms with Crippen molar-refractivity contribution in [3.05, 3.63) is 16.1 Å². The third kappa shape index (κ3) is 3.27. The largest absolute Gasteiger partial charge is 0.417 e. The van der Waals surface area contributed by atoms with Crippen molar-refractivity contribution in [1.29, 1.82) is 0 Å². The lowest BCUT2D eigenvalue weighted by Gasteiger charge is -2.38. The SMILES string of the molecule is CCc1nc(CN2CCC(O)(C(F)(F)F)CC2)cs1. The Kier molecular flexibility index (Phi) is 4.17. The molecule has 0 bridgehead atoms. The highest BCUT2D eigenvalue weighted by Crippen LogP contribution is 2.38. The summed E-state index contributed by atoms with van der Waals surface area (Å²) in [4.78, 5) is 6.31. The summed E-state index contributed by atoms with van der Waals surface area (Å²) in [5.74, 6) is 0. The molecule has 108 valence electrons. The average Bonchev–Trinajstić information content (AvgIpc) is 2.79. The molecule has 1 aliphatic rings. The molecule has 0 atom stereocenters. The molecule has 0 spiro atoms. The predicted molar refractivity (Wildman–Crippen MR) is 67.0 cm³/mol. The number of nitrogens with zero attached hydrogens (tertiary/aromatic N) is 2. The summed E-state index contributed by atoms with van der Waals surface area (Å²) in [6, 6.07) is 0. The molecule has 1 saturated heterocycles. The summed E-state index contributed by atoms with van der Waals surface area (Å²) in [5, 5.41) is 12.6. The molecule has 2 rings (SSSR count). The number of likely N-dealkylation sites (tertiary alicyclic amines) is 1. The van der Waals surface area contributed by atoms with E-state index in [1.165, 1.54) is 0 Å². The quantitative estimate of drug-likeness (QED) is 0.931. The van der Waals surface area contributed by atoms with Crippen LogP contribution in [0, 0.1) is 0 Å². The molecule has 7 heteroatoms. The molecule has 1 N–H and O–H groups in total. The van der Waals surface area contributed by atoms with E-state index in [-0.39, 0.29) is 25.9 Å². The maximum Gasteiger partial charge on any atom is 0.417 e. The fraction of sp³-hybridized carbons (Fsp3) is 0.750. The van der Waals surface area contributed by atoms with Crippen molar-refractivity contribution in [3.8, 4) is 0 Å². The molecule has 19 heavy (non-hydrogen) atoms. The molecule has 0 saturated carbocycles. The lowest BCUT2D eigenvalue weighted by atomic mass is 9.91. The minimum Gasteiger partial charge on any atom is -0.380 e. The van der Waals surface area contributed by atoms with E-state index in [4.69, 9.17) is 0 Å². The van der Waals surface area contributed by atoms with E-state index in [0.717, 1.165) is 17.1 Å². The summed E-state index contributed by atoms with van der Waals surface area (Å²) >= 11 is 1.58. The van der Waals surface area contributed by atoms with Crippen LogP contribution in [0.2, 0.25) is 0 Å². The highest BCUT2D eigenvalue weighted by molar-refractivity contribution is 7.09. The van der Waals surface area contributed by atoms with Crippen molar-refractivity contribution < 1.29 is 18.3 Å². The van der Waals surface area contributed by atoms with Gasteiger partial charge in [-0.3, -0.25) is 4.90 Å². The molecule has 0 aliphatic carbocycles. The number of aliphatic hydroxyl groups is 1. The molecular weight excluding hydrogens is 277 g/mol. The number of hydrogen-bond donors (Lipinski definition) is 1. The third-order valence-corrected chi connectivity index (χ3v) is 4.54. The van der Waals surface area contributed by atoms with E-state index < -0.39 is 11.8 Å². The van der Waals surface area contributed by atoms with Crippen molar-refractivity contribution >= 4 is 11.3 Å². The minimum absolute atomic E-state index is 0.245. The first-order chi connectivity index (χ1) is 8.84. The van der Waals surface area contributed by atoms with Crippen molar-refractivity contribution in [2.75, 3.05) is 13.1 Å². The molecule has 0 unspecified atom stereocenters. The van der Waals surface area contributed by atoms with Gasteiger partial charge in [0.15, 0.2) is 5.60 Å². The standard InChI is InChI=1S/C12H17F3N2OS/c1-2-10-16-9(8-19-10)7-17-5-3-11(18,4-6-17)12(13,14)15/h8,18H,2-7H2,1H3. The van der Waals surface area contributed by atoms with E-state index >= 15 is 0 Å². The van der Waals surface area contributed by atoms with E-state index in [1.54, 1.807) is 11.3 Å². The number of hydrogen-bond acceptors (Lipinski definition) is 4. The zero-order valence-electron chi connectivity index (χ0n) is 10.7. The van der Waals surface area contributed by atoms with Gasteiger partial charge in [-0.1, -0.05) is 6.92 Å². The monoisotopic (exact) mass is 294 g/mol. The van der Waals surface area contributed by atoms with Crippen LogP contribution in [0.4, 0.5) is 13.2 Å². The Labute approximate surface area is 114 Å². The van der Waals surface area contributed by atoms with E-state index in [9.17, 15) is 18.3 Å². The van der Waals surface area contributed by atoms with Gasteiger partial charge in [0, 0.05) is 25.0 Å². The van der Waals surface area contributed by atoms with E-state index in [1.807, 2.05) is 17.2 Å². The Morgan fingerprint density at radius 1 is 1.42 bits per heavy atom. The zero-order chi connectivity index (χ0) is 14.1. The maximum absolute atomic E-state index is 12.6. The van der Waals surface area contributed by atoms with Crippen LogP contribution in [0.1, 0.15) is 30.5 Å². The van der Waals surface area contributed by atoms with Crippen molar-refractivity contribution in [3.63, 3.8) is 0 Å². The number of rotatable bonds is 3. The van der Waals surface area contributed by atoms with E-state index in [2.05, 4.69) is 4.98 Å². The highest BCUT2D eigenvalue weighted by atomic mass is 32.1. The van der Waals surface area contributed by atoms with Crippen LogP contribution >= 0.6 is 11.3 Å². The normalized spacial score (nSPS) is 20.7. The second-order valence-electron chi connectivity index (χ2n) is 4.89. The predicted octanol–water partition coefficient (Wildman–Crippen LogP) is 2.59. The number of thiazole rings is 1. The van der Waals surface area contributed by atoms with Gasteiger partial charge < -0.3 is 5.11 Å². The lowest BCUT2D eigenvalue weighted by molar-refractivity contribution is -0.272. The molecule has 2 heterocycles. The summed E-state index contributed by atoms with van der Waals surface area (Å²) in [6.07, 6.45) is -4.18. The molecule has 1 aromatic heterocycles. The zero-order valence-corrected chi connectivity index (χ0v) is 11.5. The third-order valence-electron chi connectivity index (χ3n) is 3.50. The Hall–Kier alpha value is -0.660. The van der Waals surface area contributed by atoms with Gasteiger partial charge in [0.1, 0.15) is 0 Å². The number of alkyl halides is 3. The van der Waals surface area contributed by atoms with Crippen LogP contribution in [0.3, 0.4) is 0 Å². The fourth-order valence-corrected chi connectivity index (χ4v) is 2.91. The van der Waals surface area contributed by atoms with Gasteiger partial charge in [0.05, 0.1) is 10.7 Å². The number of piperidine rings is 1. The molecule has 1 aromatic rings. The summed E-state index contributed by atoms with van der Waals surface area (Å²) in [5.41, 5.74) is -1.61. The van der Waals surface area contributed by atoms with Gasteiger partial charge >= 0.3 is 6.18 Å². The molecule has 1 aliphatic heterocycles. The minimum atomic E-state index is -4.53. The summed E-state index contributed by atoms with van der Waals surface area (Å²) in [7, 11) is 0. The molecule has 1 fully saturated rings. The Morgan fingerprint density at radius 2 is 2.05 bits per heavy atom. The van der Waals surface area contributed by atoms with Crippen molar-refractivity contribution in [1.82, 2.24) is 9.88 Å². The van der Waals surface area contributed by atoms with E-state index in [0.29, 0.717) is 6.54 Å². The van der Waals surface area contributed by atoms with Gasteiger partial charge in [-0.25, -0.2) is 4.98 Å². The van der Waals surface area contributed by atoms with Gasteiger partial charge in [-0.2, -0.15) is 13.2 Å². The molecule has 0 amide bonds. The molecule has 3 nitrogen and oxygen atoms in total. The van der Waals surface area contributed by atoms with Crippen LogP contribution in [-0.2, 0) is 13.0 Å². The molecule has 0 radical (unpaired) electrons. The number of aromatic nitrogens is 1. The Morgan fingerprint density at radius 3 is 2.53 bits per heavy atom. The van der Waals surface area contributed by atoms with Gasteiger partial charge in [0.2, 0.25) is 0 Å². The number of aryl methyl sites for hydroxylation is 1. The average molecular weight is 294 g/mol. The lowest BCUT2D eigenvalue weighted by Crippen LogP contribution is -2.53. The smallest absolute Gasteiger partial charge is 0.380 e. The Bertz CT molecular complexity index is 425. The second-order valence-corrected chi connectivity index (χ2v) is 5.83. The summed E-state index contributed by atoms with van der Waals surface area (Å²) < 4.78 is 37.9. The fourth-order valence-electron chi connectivity index (χ4n) is 2.18. The van der Waals surface area contributed by atoms with Crippen molar-refractivity contribution in [2.45, 2.75) is 44.5 Å². The molecular formula is C12H17F3N2OS. The first-order valence-corrected chi connectivity index (χ1v) is 7.17.